The number of rotatable bonds is 1. The molecule has 0 fully saturated rings. The maximum atomic E-state index is 6.59. The Bertz CT molecular complexity index is 272. The SMILES string of the molecule is Cc1cccc(N=C=N)c1. The number of hydrogen-bond donors (Lipinski definition) is 1. The van der Waals surface area contributed by atoms with Crippen molar-refractivity contribution in [2.45, 2.75) is 6.92 Å². The summed E-state index contributed by atoms with van der Waals surface area (Å²) in [6, 6.07) is 9.63. The molecule has 0 unspecified atom stereocenters. The zero-order valence-electron chi connectivity index (χ0n) is 5.76. The van der Waals surface area contributed by atoms with Crippen LogP contribution in [0.4, 0.5) is 5.69 Å². The van der Waals surface area contributed by atoms with Gasteiger partial charge in [-0.2, -0.15) is 4.99 Å². The summed E-state index contributed by atoms with van der Waals surface area (Å²) in [5.41, 5.74) is 1.94. The van der Waals surface area contributed by atoms with Crippen LogP contribution < -0.4 is 0 Å². The highest BCUT2D eigenvalue weighted by Gasteiger charge is 1.85. The van der Waals surface area contributed by atoms with E-state index in [1.165, 1.54) is 0 Å². The van der Waals surface area contributed by atoms with Crippen molar-refractivity contribution in [1.82, 2.24) is 0 Å². The van der Waals surface area contributed by atoms with Crippen molar-refractivity contribution in [3.05, 3.63) is 29.8 Å². The fourth-order valence-corrected chi connectivity index (χ4v) is 0.762. The van der Waals surface area contributed by atoms with E-state index in [4.69, 9.17) is 5.41 Å². The van der Waals surface area contributed by atoms with E-state index in [-0.39, 0.29) is 0 Å². The van der Waals surface area contributed by atoms with Gasteiger partial charge in [0.1, 0.15) is 0 Å². The highest BCUT2D eigenvalue weighted by molar-refractivity contribution is 5.50. The quantitative estimate of drug-likeness (QED) is 0.569. The second kappa shape index (κ2) is 2.95. The predicted octanol–water partition coefficient (Wildman–Crippen LogP) is 2.38. The standard InChI is InChI=1S/C8H8N2/c1-7-3-2-4-8(5-7)10-6-9/h2-5,9H,1H3. The van der Waals surface area contributed by atoms with Gasteiger partial charge in [0.05, 0.1) is 11.7 Å². The Morgan fingerprint density at radius 1 is 1.50 bits per heavy atom. The van der Waals surface area contributed by atoms with Crippen molar-refractivity contribution in [3.8, 4) is 0 Å². The molecule has 50 valence electrons. The molecule has 1 aromatic carbocycles. The second-order valence-corrected chi connectivity index (χ2v) is 2.06. The molecular formula is C8H8N2. The van der Waals surface area contributed by atoms with Gasteiger partial charge in [-0.15, -0.1) is 0 Å². The first-order chi connectivity index (χ1) is 4.83. The minimum atomic E-state index is 0.787. The zero-order valence-corrected chi connectivity index (χ0v) is 5.76. The fourth-order valence-electron chi connectivity index (χ4n) is 0.762. The third-order valence-corrected chi connectivity index (χ3v) is 1.19. The van der Waals surface area contributed by atoms with Gasteiger partial charge in [-0.25, -0.2) is 5.41 Å². The molecule has 2 heteroatoms. The third kappa shape index (κ3) is 1.54. The summed E-state index contributed by atoms with van der Waals surface area (Å²) >= 11 is 0. The van der Waals surface area contributed by atoms with Crippen LogP contribution in [-0.4, -0.2) is 6.01 Å². The number of hydrogen-bond acceptors (Lipinski definition) is 2. The van der Waals surface area contributed by atoms with E-state index in [9.17, 15) is 0 Å². The van der Waals surface area contributed by atoms with Gasteiger partial charge in [0.25, 0.3) is 0 Å². The summed E-state index contributed by atoms with van der Waals surface area (Å²) in [6.07, 6.45) is 0. The van der Waals surface area contributed by atoms with Crippen LogP contribution in [0.2, 0.25) is 0 Å². The number of aliphatic imine (C=N–C) groups is 1. The van der Waals surface area contributed by atoms with Gasteiger partial charge in [-0.1, -0.05) is 12.1 Å². The van der Waals surface area contributed by atoms with Crippen LogP contribution in [0.15, 0.2) is 29.3 Å². The highest BCUT2D eigenvalue weighted by Crippen LogP contribution is 2.11. The first-order valence-corrected chi connectivity index (χ1v) is 3.02. The van der Waals surface area contributed by atoms with Crippen LogP contribution in [0.25, 0.3) is 0 Å². The molecule has 0 saturated carbocycles. The Morgan fingerprint density at radius 3 is 2.90 bits per heavy atom. The minimum Gasteiger partial charge on any atom is -0.241 e. The lowest BCUT2D eigenvalue weighted by molar-refractivity contribution is 1.42. The average Bonchev–Trinajstić information content (AvgIpc) is 1.88. The van der Waals surface area contributed by atoms with E-state index in [0.29, 0.717) is 0 Å². The maximum absolute atomic E-state index is 6.59. The van der Waals surface area contributed by atoms with E-state index in [0.717, 1.165) is 11.3 Å². The van der Waals surface area contributed by atoms with Gasteiger partial charge in [-0.3, -0.25) is 0 Å². The molecule has 0 aliphatic rings. The van der Waals surface area contributed by atoms with Crippen LogP contribution in [0.3, 0.4) is 0 Å². The molecule has 1 N–H and O–H groups in total. The maximum Gasteiger partial charge on any atom is 0.0918 e. The van der Waals surface area contributed by atoms with Crippen LogP contribution >= 0.6 is 0 Å². The predicted molar refractivity (Wildman–Crippen MR) is 41.0 cm³/mol. The average molecular weight is 132 g/mol. The molecular weight excluding hydrogens is 124 g/mol. The van der Waals surface area contributed by atoms with Crippen molar-refractivity contribution >= 4 is 11.7 Å². The molecule has 0 spiro atoms. The van der Waals surface area contributed by atoms with Crippen molar-refractivity contribution < 1.29 is 0 Å². The Labute approximate surface area is 59.7 Å². The lowest BCUT2D eigenvalue weighted by atomic mass is 10.2. The smallest absolute Gasteiger partial charge is 0.0918 e. The van der Waals surface area contributed by atoms with Crippen LogP contribution in [0.5, 0.6) is 0 Å². The van der Waals surface area contributed by atoms with Crippen LogP contribution in [0.1, 0.15) is 5.56 Å². The highest BCUT2D eigenvalue weighted by atomic mass is 14.7. The molecule has 0 amide bonds. The molecule has 0 radical (unpaired) electrons. The molecule has 1 aromatic rings. The molecule has 0 aromatic heterocycles. The lowest BCUT2D eigenvalue weighted by Crippen LogP contribution is -1.68. The third-order valence-electron chi connectivity index (χ3n) is 1.19. The first kappa shape index (κ1) is 6.72. The van der Waals surface area contributed by atoms with Gasteiger partial charge < -0.3 is 0 Å². The molecule has 1 rings (SSSR count). The first-order valence-electron chi connectivity index (χ1n) is 3.02. The van der Waals surface area contributed by atoms with Crippen LogP contribution in [0, 0.1) is 12.3 Å². The van der Waals surface area contributed by atoms with Gasteiger partial charge in [0.15, 0.2) is 0 Å². The Morgan fingerprint density at radius 2 is 2.30 bits per heavy atom. The number of benzene rings is 1. The summed E-state index contributed by atoms with van der Waals surface area (Å²) in [4.78, 5) is 3.68. The Kier molecular flexibility index (Phi) is 1.98. The molecule has 0 bridgehead atoms. The monoisotopic (exact) mass is 132 g/mol. The second-order valence-electron chi connectivity index (χ2n) is 2.06. The molecule has 10 heavy (non-hydrogen) atoms. The van der Waals surface area contributed by atoms with Gasteiger partial charge >= 0.3 is 0 Å². The fraction of sp³-hybridized carbons (Fsp3) is 0.125. The van der Waals surface area contributed by atoms with Gasteiger partial charge in [0, 0.05) is 0 Å². The number of nitrogens with zero attached hydrogens (tertiary/aromatic N) is 1. The summed E-state index contributed by atoms with van der Waals surface area (Å²) < 4.78 is 0. The largest absolute Gasteiger partial charge is 0.241 e. The Balaban J connectivity index is 3.06. The zero-order chi connectivity index (χ0) is 7.40. The number of nitrogens with one attached hydrogen (secondary N) is 1. The van der Waals surface area contributed by atoms with Crippen molar-refractivity contribution in [2.75, 3.05) is 0 Å². The minimum absolute atomic E-state index is 0.787. The summed E-state index contributed by atoms with van der Waals surface area (Å²) in [5, 5.41) is 6.59. The molecule has 0 heterocycles. The van der Waals surface area contributed by atoms with E-state index >= 15 is 0 Å². The van der Waals surface area contributed by atoms with E-state index in [1.54, 1.807) is 0 Å². The van der Waals surface area contributed by atoms with Gasteiger partial charge in [-0.05, 0) is 24.6 Å². The molecule has 0 aliphatic heterocycles. The summed E-state index contributed by atoms with van der Waals surface area (Å²) in [5.74, 6) is 0. The van der Waals surface area contributed by atoms with Crippen molar-refractivity contribution in [1.29, 1.82) is 5.41 Å². The molecule has 0 atom stereocenters. The topological polar surface area (TPSA) is 36.2 Å². The Hall–Kier alpha value is -1.40. The van der Waals surface area contributed by atoms with Gasteiger partial charge in [0.2, 0.25) is 0 Å². The molecule has 0 aliphatic carbocycles. The van der Waals surface area contributed by atoms with E-state index in [1.807, 2.05) is 37.2 Å². The lowest BCUT2D eigenvalue weighted by Gasteiger charge is -1.90. The normalized spacial score (nSPS) is 8.50. The summed E-state index contributed by atoms with van der Waals surface area (Å²) in [6.45, 7) is 1.99. The van der Waals surface area contributed by atoms with Crippen LogP contribution in [-0.2, 0) is 0 Å². The molecule has 0 saturated heterocycles. The molecule has 2 nitrogen and oxygen atoms in total. The van der Waals surface area contributed by atoms with Crippen molar-refractivity contribution in [2.24, 2.45) is 4.99 Å². The summed E-state index contributed by atoms with van der Waals surface area (Å²) in [7, 11) is 0. The van der Waals surface area contributed by atoms with E-state index < -0.39 is 0 Å². The number of aryl methyl sites for hydroxylation is 1. The van der Waals surface area contributed by atoms with E-state index in [2.05, 4.69) is 4.99 Å². The van der Waals surface area contributed by atoms with Crippen molar-refractivity contribution in [3.63, 3.8) is 0 Å².